The molecule has 0 radical (unpaired) electrons. The van der Waals surface area contributed by atoms with Crippen molar-refractivity contribution in [2.24, 2.45) is 4.99 Å². The van der Waals surface area contributed by atoms with Crippen LogP contribution in [0.3, 0.4) is 0 Å². The van der Waals surface area contributed by atoms with E-state index in [0.29, 0.717) is 30.8 Å². The van der Waals surface area contributed by atoms with Crippen LogP contribution in [0.1, 0.15) is 18.9 Å². The highest BCUT2D eigenvalue weighted by molar-refractivity contribution is 6.40. The van der Waals surface area contributed by atoms with Gasteiger partial charge in [-0.2, -0.15) is 0 Å². The van der Waals surface area contributed by atoms with E-state index in [1.165, 1.54) is 6.07 Å². The SMILES string of the molecule is C/C=C\C/N=C1\CCN(Cc2ccc(-c3cnc4ccccc4c3)cc2F)C1=O. The lowest BCUT2D eigenvalue weighted by Gasteiger charge is -2.16. The number of aromatic nitrogens is 1. The van der Waals surface area contributed by atoms with Crippen molar-refractivity contribution >= 4 is 22.5 Å². The normalized spacial score (nSPS) is 15.9. The number of rotatable bonds is 5. The van der Waals surface area contributed by atoms with Gasteiger partial charge in [-0.05, 0) is 30.7 Å². The van der Waals surface area contributed by atoms with Gasteiger partial charge in [0.15, 0.2) is 0 Å². The van der Waals surface area contributed by atoms with E-state index in [2.05, 4.69) is 9.98 Å². The number of pyridine rings is 1. The zero-order chi connectivity index (χ0) is 20.2. The van der Waals surface area contributed by atoms with Gasteiger partial charge in [-0.15, -0.1) is 0 Å². The molecule has 2 aromatic carbocycles. The smallest absolute Gasteiger partial charge is 0.268 e. The summed E-state index contributed by atoms with van der Waals surface area (Å²) in [7, 11) is 0. The van der Waals surface area contributed by atoms with Crippen molar-refractivity contribution in [1.82, 2.24) is 9.88 Å². The van der Waals surface area contributed by atoms with Gasteiger partial charge in [-0.1, -0.05) is 42.5 Å². The second-order valence-corrected chi connectivity index (χ2v) is 7.06. The number of likely N-dealkylation sites (tertiary alicyclic amines) is 1. The van der Waals surface area contributed by atoms with Crippen LogP contribution < -0.4 is 0 Å². The number of carbonyl (C=O) groups excluding carboxylic acids is 1. The molecule has 0 N–H and O–H groups in total. The second kappa shape index (κ2) is 8.35. The maximum absolute atomic E-state index is 14.8. The third kappa shape index (κ3) is 4.09. The molecule has 5 heteroatoms. The lowest BCUT2D eigenvalue weighted by molar-refractivity contribution is -0.123. The summed E-state index contributed by atoms with van der Waals surface area (Å²) in [6.07, 6.45) is 6.18. The van der Waals surface area contributed by atoms with Gasteiger partial charge in [0, 0.05) is 42.2 Å². The fourth-order valence-corrected chi connectivity index (χ4v) is 3.49. The lowest BCUT2D eigenvalue weighted by atomic mass is 10.0. The molecule has 146 valence electrons. The number of allylic oxidation sites excluding steroid dienone is 1. The Kier molecular flexibility index (Phi) is 5.47. The maximum Gasteiger partial charge on any atom is 0.268 e. The minimum Gasteiger partial charge on any atom is -0.333 e. The predicted octanol–water partition coefficient (Wildman–Crippen LogP) is 4.79. The van der Waals surface area contributed by atoms with Gasteiger partial charge in [-0.3, -0.25) is 14.8 Å². The van der Waals surface area contributed by atoms with E-state index in [-0.39, 0.29) is 18.3 Å². The summed E-state index contributed by atoms with van der Waals surface area (Å²) >= 11 is 0. The Morgan fingerprint density at radius 3 is 2.86 bits per heavy atom. The molecule has 2 heterocycles. The lowest BCUT2D eigenvalue weighted by Crippen LogP contribution is -2.27. The number of amides is 1. The highest BCUT2D eigenvalue weighted by Crippen LogP contribution is 2.25. The number of aliphatic imine (C=N–C) groups is 1. The molecule has 0 saturated carbocycles. The number of carbonyl (C=O) groups is 1. The predicted molar refractivity (Wildman–Crippen MR) is 114 cm³/mol. The number of nitrogens with zero attached hydrogens (tertiary/aromatic N) is 3. The Balaban J connectivity index is 1.51. The van der Waals surface area contributed by atoms with Gasteiger partial charge in [0.25, 0.3) is 5.91 Å². The molecule has 1 saturated heterocycles. The molecule has 0 atom stereocenters. The first-order valence-corrected chi connectivity index (χ1v) is 9.73. The molecule has 4 nitrogen and oxygen atoms in total. The fourth-order valence-electron chi connectivity index (χ4n) is 3.49. The van der Waals surface area contributed by atoms with Crippen LogP contribution in [-0.4, -0.2) is 34.6 Å². The van der Waals surface area contributed by atoms with Crippen LogP contribution in [0.25, 0.3) is 22.0 Å². The number of halogens is 1. The quantitative estimate of drug-likeness (QED) is 0.591. The molecule has 1 aliphatic rings. The van der Waals surface area contributed by atoms with Crippen molar-refractivity contribution in [3.8, 4) is 11.1 Å². The average Bonchev–Trinajstić information content (AvgIpc) is 3.09. The van der Waals surface area contributed by atoms with E-state index in [1.54, 1.807) is 17.2 Å². The standard InChI is InChI=1S/C24H22FN3O/c1-2-3-11-26-23-10-12-28(24(23)29)16-19-9-8-17(14-21(19)25)20-13-18-6-4-5-7-22(18)27-15-20/h2-9,13-15H,10-12,16H2,1H3/b3-2-,26-23+. The van der Waals surface area contributed by atoms with Crippen molar-refractivity contribution in [1.29, 1.82) is 0 Å². The summed E-state index contributed by atoms with van der Waals surface area (Å²) in [5, 5.41) is 1.02. The zero-order valence-corrected chi connectivity index (χ0v) is 16.3. The second-order valence-electron chi connectivity index (χ2n) is 7.06. The van der Waals surface area contributed by atoms with Gasteiger partial charge in [0.1, 0.15) is 11.5 Å². The number of para-hydroxylation sites is 1. The van der Waals surface area contributed by atoms with E-state index in [4.69, 9.17) is 0 Å². The molecule has 1 aliphatic heterocycles. The van der Waals surface area contributed by atoms with Crippen LogP contribution in [0, 0.1) is 5.82 Å². The molecule has 1 fully saturated rings. The highest BCUT2D eigenvalue weighted by Gasteiger charge is 2.27. The molecule has 0 bridgehead atoms. The monoisotopic (exact) mass is 387 g/mol. The largest absolute Gasteiger partial charge is 0.333 e. The van der Waals surface area contributed by atoms with Gasteiger partial charge < -0.3 is 4.90 Å². The highest BCUT2D eigenvalue weighted by atomic mass is 19.1. The minimum absolute atomic E-state index is 0.100. The van der Waals surface area contributed by atoms with E-state index < -0.39 is 0 Å². The summed E-state index contributed by atoms with van der Waals surface area (Å²) in [5.41, 5.74) is 3.62. The molecule has 4 rings (SSSR count). The van der Waals surface area contributed by atoms with Crippen LogP contribution in [-0.2, 0) is 11.3 Å². The Labute approximate surface area is 169 Å². The summed E-state index contributed by atoms with van der Waals surface area (Å²) < 4.78 is 14.8. The van der Waals surface area contributed by atoms with E-state index >= 15 is 0 Å². The van der Waals surface area contributed by atoms with Gasteiger partial charge >= 0.3 is 0 Å². The molecule has 29 heavy (non-hydrogen) atoms. The first kappa shape index (κ1) is 19.0. The summed E-state index contributed by atoms with van der Waals surface area (Å²) in [5.74, 6) is -0.417. The van der Waals surface area contributed by atoms with Crippen molar-refractivity contribution < 1.29 is 9.18 Å². The van der Waals surface area contributed by atoms with Crippen LogP contribution in [0.4, 0.5) is 4.39 Å². The van der Waals surface area contributed by atoms with Gasteiger partial charge in [-0.25, -0.2) is 4.39 Å². The molecule has 0 spiro atoms. The third-order valence-electron chi connectivity index (χ3n) is 5.11. The molecule has 1 amide bonds. The summed E-state index contributed by atoms with van der Waals surface area (Å²) in [4.78, 5) is 22.9. The minimum atomic E-state index is -0.317. The molecular weight excluding hydrogens is 365 g/mol. The maximum atomic E-state index is 14.8. The zero-order valence-electron chi connectivity index (χ0n) is 16.3. The number of hydrogen-bond donors (Lipinski definition) is 0. The molecular formula is C24H22FN3O. The van der Waals surface area contributed by atoms with Crippen molar-refractivity contribution in [3.05, 3.63) is 78.3 Å². The third-order valence-corrected chi connectivity index (χ3v) is 5.11. The topological polar surface area (TPSA) is 45.6 Å². The molecule has 3 aromatic rings. The average molecular weight is 387 g/mol. The Morgan fingerprint density at radius 1 is 1.17 bits per heavy atom. The molecule has 0 unspecified atom stereocenters. The Bertz CT molecular complexity index is 1120. The van der Waals surface area contributed by atoms with E-state index in [9.17, 15) is 9.18 Å². The summed E-state index contributed by atoms with van der Waals surface area (Å²) in [6.45, 7) is 3.25. The number of benzene rings is 2. The van der Waals surface area contributed by atoms with E-state index in [0.717, 1.165) is 22.0 Å². The van der Waals surface area contributed by atoms with Gasteiger partial charge in [0.05, 0.1) is 12.1 Å². The van der Waals surface area contributed by atoms with Crippen molar-refractivity contribution in [2.75, 3.05) is 13.1 Å². The number of hydrogen-bond acceptors (Lipinski definition) is 3. The van der Waals surface area contributed by atoms with Gasteiger partial charge in [0.2, 0.25) is 0 Å². The number of fused-ring (bicyclic) bond motifs is 1. The van der Waals surface area contributed by atoms with Crippen LogP contribution in [0.15, 0.2) is 71.9 Å². The fraction of sp³-hybridized carbons (Fsp3) is 0.208. The first-order valence-electron chi connectivity index (χ1n) is 9.73. The first-order chi connectivity index (χ1) is 14.2. The molecule has 0 aliphatic carbocycles. The summed E-state index contributed by atoms with van der Waals surface area (Å²) in [6, 6.07) is 15.0. The van der Waals surface area contributed by atoms with Crippen molar-refractivity contribution in [3.63, 3.8) is 0 Å². The Morgan fingerprint density at radius 2 is 2.03 bits per heavy atom. The van der Waals surface area contributed by atoms with Crippen LogP contribution in [0.5, 0.6) is 0 Å². The Hall–Kier alpha value is -3.34. The van der Waals surface area contributed by atoms with Crippen LogP contribution >= 0.6 is 0 Å². The van der Waals surface area contributed by atoms with Crippen LogP contribution in [0.2, 0.25) is 0 Å². The molecule has 1 aromatic heterocycles. The van der Waals surface area contributed by atoms with Crippen molar-refractivity contribution in [2.45, 2.75) is 19.9 Å². The van der Waals surface area contributed by atoms with E-state index in [1.807, 2.05) is 55.5 Å².